The fraction of sp³-hybridized carbons (Fsp3) is 0.0526. The van der Waals surface area contributed by atoms with E-state index < -0.39 is 22.5 Å². The highest BCUT2D eigenvalue weighted by molar-refractivity contribution is 6.11. The van der Waals surface area contributed by atoms with Crippen LogP contribution in [0.3, 0.4) is 0 Å². The smallest absolute Gasteiger partial charge is 0.336 e. The van der Waals surface area contributed by atoms with E-state index in [1.165, 1.54) is 12.1 Å². The number of carboxylic acids is 1. The number of nitrogens with one attached hydrogen (secondary N) is 3. The molecule has 3 heterocycles. The summed E-state index contributed by atoms with van der Waals surface area (Å²) in [6.45, 7) is 0. The molecule has 11 nitrogen and oxygen atoms in total. The number of aromatic amines is 2. The normalized spacial score (nSPS) is 12.9. The number of benzene rings is 2. The Labute approximate surface area is 165 Å². The first-order valence-corrected chi connectivity index (χ1v) is 8.72. The third-order valence-electron chi connectivity index (χ3n) is 5.01. The van der Waals surface area contributed by atoms with Crippen molar-refractivity contribution in [3.05, 3.63) is 62.1 Å². The van der Waals surface area contributed by atoms with E-state index in [1.54, 1.807) is 12.1 Å². The van der Waals surface area contributed by atoms with Crippen LogP contribution in [0, 0.1) is 10.1 Å². The molecule has 0 unspecified atom stereocenters. The van der Waals surface area contributed by atoms with Gasteiger partial charge in [-0.15, -0.1) is 0 Å². The number of anilines is 1. The molecule has 4 N–H and O–H groups in total. The lowest BCUT2D eigenvalue weighted by molar-refractivity contribution is -0.384. The molecule has 0 radical (unpaired) electrons. The van der Waals surface area contributed by atoms with Crippen molar-refractivity contribution >= 4 is 45.2 Å². The van der Waals surface area contributed by atoms with Gasteiger partial charge in [-0.25, -0.2) is 14.6 Å². The molecule has 0 atom stereocenters. The Morgan fingerprint density at radius 2 is 1.87 bits per heavy atom. The summed E-state index contributed by atoms with van der Waals surface area (Å²) in [6, 6.07) is 6.92. The van der Waals surface area contributed by atoms with Crippen LogP contribution < -0.4 is 11.0 Å². The minimum absolute atomic E-state index is 0.0721. The van der Waals surface area contributed by atoms with Gasteiger partial charge in [0.05, 0.1) is 44.8 Å². The zero-order valence-electron chi connectivity index (χ0n) is 15.0. The van der Waals surface area contributed by atoms with Crippen molar-refractivity contribution in [3.63, 3.8) is 0 Å². The van der Waals surface area contributed by atoms with E-state index in [9.17, 15) is 29.6 Å². The number of imidazole rings is 1. The topological polar surface area (TPSA) is 171 Å². The monoisotopic (exact) mass is 405 g/mol. The summed E-state index contributed by atoms with van der Waals surface area (Å²) in [4.78, 5) is 56.6. The fourth-order valence-electron chi connectivity index (χ4n) is 3.78. The number of carbonyl (C=O) groups is 2. The Morgan fingerprint density at radius 1 is 1.13 bits per heavy atom. The van der Waals surface area contributed by atoms with Crippen LogP contribution >= 0.6 is 0 Å². The number of fused-ring (bicyclic) bond motifs is 5. The van der Waals surface area contributed by atoms with Crippen LogP contribution in [0.15, 0.2) is 35.1 Å². The maximum Gasteiger partial charge on any atom is 0.336 e. The van der Waals surface area contributed by atoms with E-state index in [1.807, 2.05) is 0 Å². The molecule has 0 aliphatic carbocycles. The second-order valence-electron chi connectivity index (χ2n) is 6.83. The highest BCUT2D eigenvalue weighted by atomic mass is 16.6. The molecule has 1 amide bonds. The van der Waals surface area contributed by atoms with Gasteiger partial charge in [0.2, 0.25) is 5.91 Å². The zero-order valence-corrected chi connectivity index (χ0v) is 15.0. The third kappa shape index (κ3) is 2.53. The van der Waals surface area contributed by atoms with Crippen LogP contribution in [-0.4, -0.2) is 36.9 Å². The van der Waals surface area contributed by atoms with Crippen LogP contribution in [-0.2, 0) is 11.2 Å². The Bertz CT molecular complexity index is 1500. The van der Waals surface area contributed by atoms with E-state index in [-0.39, 0.29) is 39.8 Å². The number of hydrogen-bond acceptors (Lipinski definition) is 6. The van der Waals surface area contributed by atoms with Crippen LogP contribution in [0.1, 0.15) is 15.9 Å². The van der Waals surface area contributed by atoms with Crippen molar-refractivity contribution in [2.45, 2.75) is 6.42 Å². The lowest BCUT2D eigenvalue weighted by Crippen LogP contribution is -2.15. The van der Waals surface area contributed by atoms with Gasteiger partial charge in [0.25, 0.3) is 5.69 Å². The molecule has 5 rings (SSSR count). The molecule has 0 spiro atoms. The lowest BCUT2D eigenvalue weighted by Gasteiger charge is -2.13. The number of pyridine rings is 1. The lowest BCUT2D eigenvalue weighted by atomic mass is 9.94. The van der Waals surface area contributed by atoms with Gasteiger partial charge in [0.15, 0.2) is 0 Å². The van der Waals surface area contributed by atoms with Crippen molar-refractivity contribution in [2.75, 3.05) is 5.32 Å². The number of carboxylic acid groups (broad SMARTS) is 1. The number of aromatic nitrogens is 3. The predicted molar refractivity (Wildman–Crippen MR) is 106 cm³/mol. The second kappa shape index (κ2) is 5.98. The average Bonchev–Trinajstić information content (AvgIpc) is 2.98. The highest BCUT2D eigenvalue weighted by Gasteiger charge is 2.28. The Kier molecular flexibility index (Phi) is 3.50. The van der Waals surface area contributed by atoms with Crippen molar-refractivity contribution in [2.24, 2.45) is 0 Å². The van der Waals surface area contributed by atoms with Crippen LogP contribution in [0.5, 0.6) is 0 Å². The number of nitro benzene ring substituents is 1. The number of non-ortho nitro benzene ring substituents is 1. The molecule has 1 aliphatic heterocycles. The molecule has 2 aromatic carbocycles. The van der Waals surface area contributed by atoms with Gasteiger partial charge in [-0.2, -0.15) is 0 Å². The van der Waals surface area contributed by atoms with Crippen LogP contribution in [0.25, 0.3) is 33.2 Å². The second-order valence-corrected chi connectivity index (χ2v) is 6.83. The quantitative estimate of drug-likeness (QED) is 0.292. The number of aromatic carboxylic acids is 1. The summed E-state index contributed by atoms with van der Waals surface area (Å²) in [5.74, 6) is -1.80. The van der Waals surface area contributed by atoms with Crippen LogP contribution in [0.4, 0.5) is 11.4 Å². The number of H-pyrrole nitrogens is 2. The molecule has 0 bridgehead atoms. The van der Waals surface area contributed by atoms with Crippen molar-refractivity contribution in [1.29, 1.82) is 0 Å². The summed E-state index contributed by atoms with van der Waals surface area (Å²) < 4.78 is 0. The van der Waals surface area contributed by atoms with E-state index in [4.69, 9.17) is 0 Å². The van der Waals surface area contributed by atoms with Gasteiger partial charge in [0.1, 0.15) is 0 Å². The molecule has 148 valence electrons. The SMILES string of the molecule is O=C1Cc2c(nc3ccc([N+](=O)[O-])cc3c2C(=O)O)-c2cc3[nH]c(=O)[nH]c3cc2N1. The summed E-state index contributed by atoms with van der Waals surface area (Å²) >= 11 is 0. The summed E-state index contributed by atoms with van der Waals surface area (Å²) in [7, 11) is 0. The first-order chi connectivity index (χ1) is 14.3. The molecule has 4 aromatic rings. The maximum absolute atomic E-state index is 12.5. The van der Waals surface area contributed by atoms with Crippen molar-refractivity contribution in [1.82, 2.24) is 15.0 Å². The first kappa shape index (κ1) is 17.6. The van der Waals surface area contributed by atoms with E-state index in [0.717, 1.165) is 6.07 Å². The van der Waals surface area contributed by atoms with Crippen molar-refractivity contribution in [3.8, 4) is 11.3 Å². The molecule has 0 saturated heterocycles. The standard InChI is InChI=1S/C19H11N5O6/c25-15-5-10-16(18(26)27)8-3-7(24(29)30)1-2-11(8)21-17(10)9-4-13-14(6-12(9)20-15)23-19(28)22-13/h1-4,6H,5H2,(H,20,25)(H,26,27)(H2,22,23,28). The fourth-order valence-corrected chi connectivity index (χ4v) is 3.78. The molecule has 11 heteroatoms. The molecular weight excluding hydrogens is 394 g/mol. The molecule has 2 aromatic heterocycles. The van der Waals surface area contributed by atoms with E-state index in [2.05, 4.69) is 20.3 Å². The van der Waals surface area contributed by atoms with E-state index in [0.29, 0.717) is 22.3 Å². The Balaban J connectivity index is 1.92. The Hall–Kier alpha value is -4.54. The summed E-state index contributed by atoms with van der Waals surface area (Å²) in [5, 5.41) is 23.8. The summed E-state index contributed by atoms with van der Waals surface area (Å²) in [6.07, 6.45) is -0.276. The number of hydrogen-bond donors (Lipinski definition) is 4. The van der Waals surface area contributed by atoms with Gasteiger partial charge < -0.3 is 20.4 Å². The van der Waals surface area contributed by atoms with Gasteiger partial charge in [-0.3, -0.25) is 14.9 Å². The molecule has 1 aliphatic rings. The largest absolute Gasteiger partial charge is 0.478 e. The number of nitrogens with zero attached hydrogens (tertiary/aromatic N) is 2. The molecular formula is C19H11N5O6. The molecule has 0 saturated carbocycles. The number of carbonyl (C=O) groups excluding carboxylic acids is 1. The summed E-state index contributed by atoms with van der Waals surface area (Å²) in [5.41, 5.74) is 1.44. The maximum atomic E-state index is 12.5. The predicted octanol–water partition coefficient (Wildman–Crippen LogP) is 2.17. The van der Waals surface area contributed by atoms with Gasteiger partial charge in [0, 0.05) is 28.6 Å². The van der Waals surface area contributed by atoms with Crippen molar-refractivity contribution < 1.29 is 19.6 Å². The van der Waals surface area contributed by atoms with Gasteiger partial charge in [-0.1, -0.05) is 0 Å². The van der Waals surface area contributed by atoms with E-state index >= 15 is 0 Å². The Morgan fingerprint density at radius 3 is 2.57 bits per heavy atom. The molecule has 0 fully saturated rings. The van der Waals surface area contributed by atoms with Gasteiger partial charge in [-0.05, 0) is 18.2 Å². The third-order valence-corrected chi connectivity index (χ3v) is 5.01. The first-order valence-electron chi connectivity index (χ1n) is 8.72. The highest BCUT2D eigenvalue weighted by Crippen LogP contribution is 2.39. The minimum atomic E-state index is -1.33. The van der Waals surface area contributed by atoms with Gasteiger partial charge >= 0.3 is 11.7 Å². The number of amides is 1. The molecule has 30 heavy (non-hydrogen) atoms. The zero-order chi connectivity index (χ0) is 21.2. The minimum Gasteiger partial charge on any atom is -0.478 e. The van der Waals surface area contributed by atoms with Crippen LogP contribution in [0.2, 0.25) is 0 Å². The average molecular weight is 405 g/mol. The number of nitro groups is 1. The number of rotatable bonds is 2.